The summed E-state index contributed by atoms with van der Waals surface area (Å²) in [6, 6.07) is 9.36. The Bertz CT molecular complexity index is 834. The predicted octanol–water partition coefficient (Wildman–Crippen LogP) is 3.04. The number of aromatic nitrogens is 4. The van der Waals surface area contributed by atoms with Gasteiger partial charge in [0, 0.05) is 18.5 Å². The van der Waals surface area contributed by atoms with Crippen LogP contribution in [0.1, 0.15) is 31.5 Å². The summed E-state index contributed by atoms with van der Waals surface area (Å²) < 4.78 is 20.5. The average Bonchev–Trinajstić information content (AvgIpc) is 3.04. The lowest BCUT2D eigenvalue weighted by molar-refractivity contribution is 0.294. The van der Waals surface area contributed by atoms with Crippen LogP contribution in [0.5, 0.6) is 5.75 Å². The third kappa shape index (κ3) is 4.00. The van der Waals surface area contributed by atoms with Crippen molar-refractivity contribution in [3.63, 3.8) is 0 Å². The van der Waals surface area contributed by atoms with Crippen LogP contribution >= 0.6 is 0 Å². The Morgan fingerprint density at radius 2 is 1.96 bits per heavy atom. The van der Waals surface area contributed by atoms with Gasteiger partial charge in [0.2, 0.25) is 0 Å². The summed E-state index contributed by atoms with van der Waals surface area (Å²) in [7, 11) is 0. The van der Waals surface area contributed by atoms with Crippen LogP contribution in [0.3, 0.4) is 0 Å². The SMILES string of the molecule is CC(C)[C@H](N)c1nc(COc2cccc(F)c2)nn1-c1ccncc1. The summed E-state index contributed by atoms with van der Waals surface area (Å²) in [6.07, 6.45) is 3.37. The van der Waals surface area contributed by atoms with Gasteiger partial charge in [-0.25, -0.2) is 14.1 Å². The molecule has 3 aromatic rings. The summed E-state index contributed by atoms with van der Waals surface area (Å²) in [5, 5.41) is 4.50. The molecule has 25 heavy (non-hydrogen) atoms. The number of halogens is 1. The van der Waals surface area contributed by atoms with Crippen LogP contribution in [0.25, 0.3) is 5.69 Å². The maximum atomic E-state index is 13.2. The zero-order valence-corrected chi connectivity index (χ0v) is 14.1. The Labute approximate surface area is 145 Å². The van der Waals surface area contributed by atoms with E-state index in [1.54, 1.807) is 29.2 Å². The maximum absolute atomic E-state index is 13.2. The van der Waals surface area contributed by atoms with E-state index in [1.807, 2.05) is 26.0 Å². The van der Waals surface area contributed by atoms with Crippen LogP contribution < -0.4 is 10.5 Å². The van der Waals surface area contributed by atoms with E-state index in [4.69, 9.17) is 10.5 Å². The van der Waals surface area contributed by atoms with Gasteiger partial charge in [0.15, 0.2) is 5.82 Å². The number of benzene rings is 1. The van der Waals surface area contributed by atoms with Crippen molar-refractivity contribution in [3.05, 3.63) is 66.3 Å². The molecule has 7 heteroatoms. The highest BCUT2D eigenvalue weighted by molar-refractivity contribution is 5.30. The van der Waals surface area contributed by atoms with E-state index < -0.39 is 0 Å². The molecule has 0 saturated carbocycles. The molecular weight excluding hydrogens is 321 g/mol. The first kappa shape index (κ1) is 17.0. The standard InChI is InChI=1S/C18H20FN5O/c1-12(2)17(20)18-22-16(11-25-15-5-3-4-13(19)10-15)23-24(18)14-6-8-21-9-7-14/h3-10,12,17H,11,20H2,1-2H3/t17-/m0/s1. The minimum absolute atomic E-state index is 0.124. The van der Waals surface area contributed by atoms with Crippen molar-refractivity contribution in [2.75, 3.05) is 0 Å². The molecule has 0 unspecified atom stereocenters. The highest BCUT2D eigenvalue weighted by atomic mass is 19.1. The maximum Gasteiger partial charge on any atom is 0.188 e. The molecule has 1 atom stereocenters. The molecule has 2 heterocycles. The third-order valence-electron chi connectivity index (χ3n) is 3.76. The normalized spacial score (nSPS) is 12.4. The zero-order valence-electron chi connectivity index (χ0n) is 14.1. The fourth-order valence-electron chi connectivity index (χ4n) is 2.32. The number of nitrogens with zero attached hydrogens (tertiary/aromatic N) is 4. The zero-order chi connectivity index (χ0) is 17.8. The van der Waals surface area contributed by atoms with E-state index in [2.05, 4.69) is 15.1 Å². The lowest BCUT2D eigenvalue weighted by Gasteiger charge is -2.15. The third-order valence-corrected chi connectivity index (χ3v) is 3.76. The molecular formula is C18H20FN5O. The van der Waals surface area contributed by atoms with Crippen molar-refractivity contribution >= 4 is 0 Å². The van der Waals surface area contributed by atoms with Crippen LogP contribution in [0, 0.1) is 11.7 Å². The van der Waals surface area contributed by atoms with Gasteiger partial charge in [0.05, 0.1) is 11.7 Å². The molecule has 6 nitrogen and oxygen atoms in total. The Hall–Kier alpha value is -2.80. The van der Waals surface area contributed by atoms with E-state index in [-0.39, 0.29) is 24.4 Å². The lowest BCUT2D eigenvalue weighted by atomic mass is 10.1. The van der Waals surface area contributed by atoms with Crippen molar-refractivity contribution < 1.29 is 9.13 Å². The molecule has 0 aliphatic carbocycles. The van der Waals surface area contributed by atoms with Crippen molar-refractivity contribution in [3.8, 4) is 11.4 Å². The first-order valence-corrected chi connectivity index (χ1v) is 8.05. The Kier molecular flexibility index (Phi) is 5.04. The second kappa shape index (κ2) is 7.40. The summed E-state index contributed by atoms with van der Waals surface area (Å²) in [4.78, 5) is 8.55. The minimum atomic E-state index is -0.352. The van der Waals surface area contributed by atoms with Gasteiger partial charge in [-0.05, 0) is 30.2 Å². The topological polar surface area (TPSA) is 78.9 Å². The second-order valence-corrected chi connectivity index (χ2v) is 6.02. The highest BCUT2D eigenvalue weighted by Gasteiger charge is 2.21. The Morgan fingerprint density at radius 1 is 1.20 bits per heavy atom. The molecule has 0 bridgehead atoms. The van der Waals surface area contributed by atoms with Gasteiger partial charge in [0.25, 0.3) is 0 Å². The van der Waals surface area contributed by atoms with Crippen molar-refractivity contribution in [2.24, 2.45) is 11.7 Å². The van der Waals surface area contributed by atoms with Crippen molar-refractivity contribution in [2.45, 2.75) is 26.5 Å². The number of ether oxygens (including phenoxy) is 1. The predicted molar refractivity (Wildman–Crippen MR) is 91.7 cm³/mol. The highest BCUT2D eigenvalue weighted by Crippen LogP contribution is 2.21. The van der Waals surface area contributed by atoms with Gasteiger partial charge >= 0.3 is 0 Å². The molecule has 0 saturated heterocycles. The second-order valence-electron chi connectivity index (χ2n) is 6.02. The minimum Gasteiger partial charge on any atom is -0.485 e. The van der Waals surface area contributed by atoms with Crippen LogP contribution in [0.15, 0.2) is 48.8 Å². The number of rotatable bonds is 6. The van der Waals surface area contributed by atoms with E-state index >= 15 is 0 Å². The van der Waals surface area contributed by atoms with Crippen molar-refractivity contribution in [1.82, 2.24) is 19.7 Å². The molecule has 0 amide bonds. The van der Waals surface area contributed by atoms with Crippen molar-refractivity contribution in [1.29, 1.82) is 0 Å². The lowest BCUT2D eigenvalue weighted by Crippen LogP contribution is -2.21. The molecule has 3 rings (SSSR count). The molecule has 2 aromatic heterocycles. The smallest absolute Gasteiger partial charge is 0.188 e. The Balaban J connectivity index is 1.88. The van der Waals surface area contributed by atoms with Crippen LogP contribution in [-0.4, -0.2) is 19.7 Å². The van der Waals surface area contributed by atoms with E-state index in [9.17, 15) is 4.39 Å². The first-order valence-electron chi connectivity index (χ1n) is 8.05. The van der Waals surface area contributed by atoms with Gasteiger partial charge in [-0.1, -0.05) is 19.9 Å². The molecule has 0 aliphatic heterocycles. The van der Waals surface area contributed by atoms with Gasteiger partial charge in [-0.15, -0.1) is 5.10 Å². The Morgan fingerprint density at radius 3 is 2.64 bits per heavy atom. The van der Waals surface area contributed by atoms with Gasteiger partial charge in [-0.2, -0.15) is 0 Å². The van der Waals surface area contributed by atoms with Gasteiger partial charge < -0.3 is 10.5 Å². The summed E-state index contributed by atoms with van der Waals surface area (Å²) in [5.41, 5.74) is 7.11. The number of hydrogen-bond donors (Lipinski definition) is 1. The van der Waals surface area contributed by atoms with E-state index in [0.29, 0.717) is 17.4 Å². The number of hydrogen-bond acceptors (Lipinski definition) is 5. The largest absolute Gasteiger partial charge is 0.485 e. The summed E-state index contributed by atoms with van der Waals surface area (Å²) in [5.74, 6) is 1.40. The molecule has 0 radical (unpaired) electrons. The quantitative estimate of drug-likeness (QED) is 0.745. The molecule has 0 aliphatic rings. The average molecular weight is 341 g/mol. The van der Waals surface area contributed by atoms with Crippen LogP contribution in [0.4, 0.5) is 4.39 Å². The van der Waals surface area contributed by atoms with Gasteiger partial charge in [-0.3, -0.25) is 4.98 Å². The summed E-state index contributed by atoms with van der Waals surface area (Å²) >= 11 is 0. The molecule has 0 fully saturated rings. The fraction of sp³-hybridized carbons (Fsp3) is 0.278. The number of nitrogens with two attached hydrogens (primary N) is 1. The summed E-state index contributed by atoms with van der Waals surface area (Å²) in [6.45, 7) is 4.18. The van der Waals surface area contributed by atoms with Crippen LogP contribution in [-0.2, 0) is 6.61 Å². The monoisotopic (exact) mass is 341 g/mol. The fourth-order valence-corrected chi connectivity index (χ4v) is 2.32. The first-order chi connectivity index (χ1) is 12.0. The van der Waals surface area contributed by atoms with E-state index in [0.717, 1.165) is 5.69 Å². The molecule has 2 N–H and O–H groups in total. The number of pyridine rings is 1. The molecule has 130 valence electrons. The van der Waals surface area contributed by atoms with Crippen LogP contribution in [0.2, 0.25) is 0 Å². The van der Waals surface area contributed by atoms with E-state index in [1.165, 1.54) is 12.1 Å². The molecule has 1 aromatic carbocycles. The molecule has 0 spiro atoms. The van der Waals surface area contributed by atoms with Gasteiger partial charge in [0.1, 0.15) is 24.0 Å².